The van der Waals surface area contributed by atoms with Crippen LogP contribution in [0.1, 0.15) is 15.9 Å². The fourth-order valence-electron chi connectivity index (χ4n) is 1.06. The molecule has 0 aromatic heterocycles. The normalized spacial score (nSPS) is 9.93. The molecule has 0 saturated heterocycles. The Balaban J connectivity index is 3.35. The van der Waals surface area contributed by atoms with Gasteiger partial charge in [0, 0.05) is 9.80 Å². The molecule has 0 fully saturated rings. The van der Waals surface area contributed by atoms with Gasteiger partial charge in [-0.1, -0.05) is 31.9 Å². The minimum Gasteiger partial charge on any atom is -0.497 e. The summed E-state index contributed by atoms with van der Waals surface area (Å²) in [6.45, 7) is 0. The first-order chi connectivity index (χ1) is 6.60. The van der Waals surface area contributed by atoms with Crippen molar-refractivity contribution in [3.05, 3.63) is 27.7 Å². The lowest BCUT2D eigenvalue weighted by atomic mass is 10.1. The van der Waals surface area contributed by atoms with E-state index in [0.717, 1.165) is 4.47 Å². The summed E-state index contributed by atoms with van der Waals surface area (Å²) in [7, 11) is 1.50. The third-order valence-corrected chi connectivity index (χ3v) is 3.04. The maximum atomic E-state index is 10.9. The number of alkyl halides is 1. The van der Waals surface area contributed by atoms with Gasteiger partial charge in [0.25, 0.3) is 0 Å². The second kappa shape index (κ2) is 4.79. The molecule has 0 saturated carbocycles. The SMILES string of the molecule is COc1cc(Br)c(CBr)c(C(=O)O)c1. The topological polar surface area (TPSA) is 46.5 Å². The zero-order valence-corrected chi connectivity index (χ0v) is 10.6. The Hall–Kier alpha value is -0.550. The number of aromatic carboxylic acids is 1. The Kier molecular flexibility index (Phi) is 3.95. The quantitative estimate of drug-likeness (QED) is 0.870. The summed E-state index contributed by atoms with van der Waals surface area (Å²) >= 11 is 6.53. The van der Waals surface area contributed by atoms with Gasteiger partial charge >= 0.3 is 5.97 Å². The van der Waals surface area contributed by atoms with E-state index >= 15 is 0 Å². The lowest BCUT2D eigenvalue weighted by Crippen LogP contribution is -2.02. The van der Waals surface area contributed by atoms with Crippen LogP contribution < -0.4 is 4.74 Å². The summed E-state index contributed by atoms with van der Waals surface area (Å²) < 4.78 is 5.70. The van der Waals surface area contributed by atoms with Crippen LogP contribution in [-0.2, 0) is 5.33 Å². The predicted molar refractivity (Wildman–Crippen MR) is 60.3 cm³/mol. The highest BCUT2D eigenvalue weighted by Crippen LogP contribution is 2.28. The van der Waals surface area contributed by atoms with Crippen molar-refractivity contribution in [2.45, 2.75) is 5.33 Å². The number of ether oxygens (including phenoxy) is 1. The number of rotatable bonds is 3. The summed E-state index contributed by atoms with van der Waals surface area (Å²) in [4.78, 5) is 10.9. The fourth-order valence-corrected chi connectivity index (χ4v) is 2.62. The van der Waals surface area contributed by atoms with Crippen LogP contribution >= 0.6 is 31.9 Å². The van der Waals surface area contributed by atoms with Crippen LogP contribution in [0.25, 0.3) is 0 Å². The number of carboxylic acids is 1. The van der Waals surface area contributed by atoms with Crippen LogP contribution in [0.3, 0.4) is 0 Å². The lowest BCUT2D eigenvalue weighted by molar-refractivity contribution is 0.0695. The molecule has 0 radical (unpaired) electrons. The second-order valence-electron chi connectivity index (χ2n) is 2.57. The summed E-state index contributed by atoms with van der Waals surface area (Å²) in [6.07, 6.45) is 0. The molecule has 0 aliphatic carbocycles. The van der Waals surface area contributed by atoms with Gasteiger partial charge in [0.1, 0.15) is 5.75 Å². The number of benzene rings is 1. The first-order valence-electron chi connectivity index (χ1n) is 3.75. The Morgan fingerprint density at radius 1 is 1.57 bits per heavy atom. The average molecular weight is 324 g/mol. The minimum absolute atomic E-state index is 0.244. The van der Waals surface area contributed by atoms with Gasteiger partial charge < -0.3 is 9.84 Å². The number of halogens is 2. The molecule has 0 bridgehead atoms. The average Bonchev–Trinajstić information content (AvgIpc) is 2.16. The zero-order valence-electron chi connectivity index (χ0n) is 7.38. The van der Waals surface area contributed by atoms with E-state index in [1.54, 1.807) is 6.07 Å². The summed E-state index contributed by atoms with van der Waals surface area (Å²) in [5.74, 6) is -0.432. The van der Waals surface area contributed by atoms with Crippen LogP contribution in [0.4, 0.5) is 0 Å². The van der Waals surface area contributed by atoms with Crippen LogP contribution in [0.2, 0.25) is 0 Å². The largest absolute Gasteiger partial charge is 0.497 e. The van der Waals surface area contributed by atoms with Crippen LogP contribution in [0.15, 0.2) is 16.6 Å². The molecule has 76 valence electrons. The highest BCUT2D eigenvalue weighted by Gasteiger charge is 2.14. The molecule has 0 amide bonds. The van der Waals surface area contributed by atoms with Crippen molar-refractivity contribution >= 4 is 37.8 Å². The van der Waals surface area contributed by atoms with E-state index < -0.39 is 5.97 Å². The van der Waals surface area contributed by atoms with Crippen molar-refractivity contribution in [2.75, 3.05) is 7.11 Å². The maximum Gasteiger partial charge on any atom is 0.336 e. The molecule has 0 aliphatic heterocycles. The van der Waals surface area contributed by atoms with Crippen molar-refractivity contribution in [3.63, 3.8) is 0 Å². The molecule has 1 rings (SSSR count). The molecule has 0 spiro atoms. The van der Waals surface area contributed by atoms with E-state index in [0.29, 0.717) is 16.6 Å². The molecular weight excluding hydrogens is 316 g/mol. The van der Waals surface area contributed by atoms with Gasteiger partial charge in [-0.3, -0.25) is 0 Å². The van der Waals surface area contributed by atoms with Crippen LogP contribution in [0, 0.1) is 0 Å². The number of carboxylic acid groups (broad SMARTS) is 1. The third-order valence-electron chi connectivity index (χ3n) is 1.77. The number of hydrogen-bond donors (Lipinski definition) is 1. The van der Waals surface area contributed by atoms with Crippen molar-refractivity contribution < 1.29 is 14.6 Å². The molecule has 14 heavy (non-hydrogen) atoms. The van der Waals surface area contributed by atoms with Crippen molar-refractivity contribution in [1.82, 2.24) is 0 Å². The van der Waals surface area contributed by atoms with Crippen molar-refractivity contribution in [2.24, 2.45) is 0 Å². The first kappa shape index (κ1) is 11.5. The summed E-state index contributed by atoms with van der Waals surface area (Å²) in [5.41, 5.74) is 0.950. The Morgan fingerprint density at radius 2 is 2.21 bits per heavy atom. The van der Waals surface area contributed by atoms with E-state index in [4.69, 9.17) is 9.84 Å². The van der Waals surface area contributed by atoms with E-state index in [9.17, 15) is 4.79 Å². The smallest absolute Gasteiger partial charge is 0.336 e. The molecule has 0 heterocycles. The van der Waals surface area contributed by atoms with Gasteiger partial charge in [0.15, 0.2) is 0 Å². The monoisotopic (exact) mass is 322 g/mol. The van der Waals surface area contributed by atoms with Gasteiger partial charge in [-0.05, 0) is 17.7 Å². The summed E-state index contributed by atoms with van der Waals surface area (Å²) in [5, 5.41) is 9.43. The predicted octanol–water partition coefficient (Wildman–Crippen LogP) is 3.05. The molecule has 0 aliphatic rings. The highest BCUT2D eigenvalue weighted by molar-refractivity contribution is 9.10. The first-order valence-corrected chi connectivity index (χ1v) is 5.67. The number of carbonyl (C=O) groups is 1. The Bertz CT molecular complexity index is 363. The fraction of sp³-hybridized carbons (Fsp3) is 0.222. The van der Waals surface area contributed by atoms with Gasteiger partial charge in [-0.2, -0.15) is 0 Å². The molecule has 1 N–H and O–H groups in total. The van der Waals surface area contributed by atoms with E-state index in [1.807, 2.05) is 0 Å². The Morgan fingerprint density at radius 3 is 2.64 bits per heavy atom. The molecule has 5 heteroatoms. The Labute approximate surface area is 98.3 Å². The third kappa shape index (κ3) is 2.27. The molecule has 3 nitrogen and oxygen atoms in total. The zero-order chi connectivity index (χ0) is 10.7. The lowest BCUT2D eigenvalue weighted by Gasteiger charge is -2.08. The van der Waals surface area contributed by atoms with Crippen LogP contribution in [0.5, 0.6) is 5.75 Å². The molecular formula is C9H8Br2O3. The van der Waals surface area contributed by atoms with Gasteiger partial charge in [-0.25, -0.2) is 4.79 Å². The minimum atomic E-state index is -0.959. The van der Waals surface area contributed by atoms with E-state index in [2.05, 4.69) is 31.9 Å². The molecule has 0 atom stereocenters. The van der Waals surface area contributed by atoms with Gasteiger partial charge in [0.2, 0.25) is 0 Å². The second-order valence-corrected chi connectivity index (χ2v) is 3.99. The molecule has 1 aromatic carbocycles. The van der Waals surface area contributed by atoms with Crippen molar-refractivity contribution in [1.29, 1.82) is 0 Å². The van der Waals surface area contributed by atoms with Gasteiger partial charge in [0.05, 0.1) is 12.7 Å². The van der Waals surface area contributed by atoms with E-state index in [1.165, 1.54) is 13.2 Å². The highest BCUT2D eigenvalue weighted by atomic mass is 79.9. The van der Waals surface area contributed by atoms with Gasteiger partial charge in [-0.15, -0.1) is 0 Å². The van der Waals surface area contributed by atoms with E-state index in [-0.39, 0.29) is 5.56 Å². The number of hydrogen-bond acceptors (Lipinski definition) is 2. The molecule has 1 aromatic rings. The molecule has 0 unspecified atom stereocenters. The standard InChI is InChI=1S/C9H8Br2O3/c1-14-5-2-6(9(12)13)7(4-10)8(11)3-5/h2-3H,4H2,1H3,(H,12,13). The summed E-state index contributed by atoms with van der Waals surface area (Å²) in [6, 6.07) is 3.24. The number of methoxy groups -OCH3 is 1. The van der Waals surface area contributed by atoms with Crippen LogP contribution in [-0.4, -0.2) is 18.2 Å². The maximum absolute atomic E-state index is 10.9. The van der Waals surface area contributed by atoms with Crippen molar-refractivity contribution in [3.8, 4) is 5.75 Å².